The molecule has 0 aliphatic heterocycles. The highest BCUT2D eigenvalue weighted by Gasteiger charge is 2.30. The molecule has 88 valence electrons. The van der Waals surface area contributed by atoms with Gasteiger partial charge in [0.15, 0.2) is 0 Å². The predicted molar refractivity (Wildman–Crippen MR) is 57.2 cm³/mol. The molecule has 0 radical (unpaired) electrons. The van der Waals surface area contributed by atoms with Crippen LogP contribution in [0.2, 0.25) is 0 Å². The van der Waals surface area contributed by atoms with Crippen LogP contribution in [0.1, 0.15) is 43.2 Å². The zero-order valence-corrected chi connectivity index (χ0v) is 9.22. The minimum absolute atomic E-state index is 0.456. The Kier molecular flexibility index (Phi) is 2.96. The van der Waals surface area contributed by atoms with Crippen LogP contribution in [0.5, 0.6) is 0 Å². The first-order chi connectivity index (χ1) is 7.47. The van der Waals surface area contributed by atoms with E-state index >= 15 is 0 Å². The van der Waals surface area contributed by atoms with E-state index in [1.165, 1.54) is 18.6 Å². The Labute approximate surface area is 93.5 Å². The molecule has 0 saturated heterocycles. The van der Waals surface area contributed by atoms with Gasteiger partial charge in [0.1, 0.15) is 0 Å². The van der Waals surface area contributed by atoms with Crippen molar-refractivity contribution in [1.82, 2.24) is 0 Å². The summed E-state index contributed by atoms with van der Waals surface area (Å²) < 4.78 is 37.1. The van der Waals surface area contributed by atoms with E-state index in [0.717, 1.165) is 18.4 Å². The van der Waals surface area contributed by atoms with Crippen molar-refractivity contribution in [2.75, 3.05) is 0 Å². The van der Waals surface area contributed by atoms with Gasteiger partial charge in [-0.15, -0.1) is 0 Å². The van der Waals surface area contributed by atoms with Crippen molar-refractivity contribution in [2.24, 2.45) is 5.92 Å². The van der Waals surface area contributed by atoms with E-state index in [4.69, 9.17) is 0 Å². The summed E-state index contributed by atoms with van der Waals surface area (Å²) in [4.78, 5) is 0. The van der Waals surface area contributed by atoms with E-state index in [1.54, 1.807) is 12.1 Å². The summed E-state index contributed by atoms with van der Waals surface area (Å²) in [6, 6.07) is 5.65. The maximum absolute atomic E-state index is 12.4. The Morgan fingerprint density at radius 3 is 2.12 bits per heavy atom. The third-order valence-corrected chi connectivity index (χ3v) is 3.40. The highest BCUT2D eigenvalue weighted by atomic mass is 19.4. The molecule has 16 heavy (non-hydrogen) atoms. The van der Waals surface area contributed by atoms with Crippen LogP contribution in [0.3, 0.4) is 0 Å². The Morgan fingerprint density at radius 2 is 1.69 bits per heavy atom. The second-order valence-electron chi connectivity index (χ2n) is 4.73. The highest BCUT2D eigenvalue weighted by molar-refractivity contribution is 5.27. The van der Waals surface area contributed by atoms with Gasteiger partial charge in [0, 0.05) is 0 Å². The molecular formula is C13H15F3. The van der Waals surface area contributed by atoms with Crippen LogP contribution in [0.25, 0.3) is 0 Å². The minimum atomic E-state index is -4.22. The number of halogens is 3. The largest absolute Gasteiger partial charge is 0.416 e. The molecule has 1 aromatic rings. The molecule has 0 unspecified atom stereocenters. The van der Waals surface area contributed by atoms with E-state index in [2.05, 4.69) is 6.92 Å². The minimum Gasteiger partial charge on any atom is -0.166 e. The van der Waals surface area contributed by atoms with Crippen molar-refractivity contribution in [2.45, 2.75) is 38.3 Å². The smallest absolute Gasteiger partial charge is 0.166 e. The van der Waals surface area contributed by atoms with E-state index in [0.29, 0.717) is 11.8 Å². The molecule has 0 spiro atoms. The normalized spacial score (nSPS) is 26.0. The fourth-order valence-electron chi connectivity index (χ4n) is 2.45. The quantitative estimate of drug-likeness (QED) is 0.658. The van der Waals surface area contributed by atoms with Gasteiger partial charge in [-0.05, 0) is 42.4 Å². The number of hydrogen-bond donors (Lipinski definition) is 0. The van der Waals surface area contributed by atoms with Crippen molar-refractivity contribution in [1.29, 1.82) is 0 Å². The standard InChI is InChI=1S/C13H15F3/c1-9-2-3-11(8-9)10-4-6-12(7-5-10)13(14,15)16/h4-7,9,11H,2-3,8H2,1H3/t9-,11+/m1/s1. The van der Waals surface area contributed by atoms with Crippen LogP contribution in [-0.2, 0) is 6.18 Å². The van der Waals surface area contributed by atoms with E-state index in [9.17, 15) is 13.2 Å². The number of hydrogen-bond acceptors (Lipinski definition) is 0. The molecule has 1 aromatic carbocycles. The molecule has 1 aliphatic carbocycles. The molecule has 2 rings (SSSR count). The summed E-state index contributed by atoms with van der Waals surface area (Å²) >= 11 is 0. The average Bonchev–Trinajstić information content (AvgIpc) is 2.64. The van der Waals surface area contributed by atoms with Crippen LogP contribution in [0.15, 0.2) is 24.3 Å². The molecule has 1 aliphatic rings. The zero-order valence-electron chi connectivity index (χ0n) is 9.22. The second-order valence-corrected chi connectivity index (χ2v) is 4.73. The van der Waals surface area contributed by atoms with Crippen molar-refractivity contribution in [3.8, 4) is 0 Å². The maximum atomic E-state index is 12.4. The Bertz CT molecular complexity index is 350. The lowest BCUT2D eigenvalue weighted by Gasteiger charge is -2.12. The topological polar surface area (TPSA) is 0 Å². The Morgan fingerprint density at radius 1 is 1.06 bits per heavy atom. The molecule has 1 fully saturated rings. The molecule has 0 bridgehead atoms. The number of alkyl halides is 3. The first-order valence-corrected chi connectivity index (χ1v) is 5.64. The van der Waals surface area contributed by atoms with Crippen molar-refractivity contribution in [3.63, 3.8) is 0 Å². The SMILES string of the molecule is C[C@@H]1CC[C@H](c2ccc(C(F)(F)F)cc2)C1. The number of rotatable bonds is 1. The molecule has 0 heterocycles. The lowest BCUT2D eigenvalue weighted by atomic mass is 9.96. The lowest BCUT2D eigenvalue weighted by Crippen LogP contribution is -2.05. The second kappa shape index (κ2) is 4.11. The van der Waals surface area contributed by atoms with Crippen LogP contribution in [0, 0.1) is 5.92 Å². The third kappa shape index (κ3) is 2.39. The molecular weight excluding hydrogens is 213 g/mol. The molecule has 0 amide bonds. The van der Waals surface area contributed by atoms with Crippen molar-refractivity contribution in [3.05, 3.63) is 35.4 Å². The van der Waals surface area contributed by atoms with Gasteiger partial charge in [-0.25, -0.2) is 0 Å². The van der Waals surface area contributed by atoms with Crippen LogP contribution in [0.4, 0.5) is 13.2 Å². The highest BCUT2D eigenvalue weighted by Crippen LogP contribution is 2.38. The molecule has 2 atom stereocenters. The first-order valence-electron chi connectivity index (χ1n) is 5.64. The lowest BCUT2D eigenvalue weighted by molar-refractivity contribution is -0.137. The van der Waals surface area contributed by atoms with Gasteiger partial charge in [-0.2, -0.15) is 13.2 Å². The summed E-state index contributed by atoms with van der Waals surface area (Å²) in [6.45, 7) is 2.20. The summed E-state index contributed by atoms with van der Waals surface area (Å²) in [5.41, 5.74) is 0.500. The molecule has 0 nitrogen and oxygen atoms in total. The predicted octanol–water partition coefficient (Wildman–Crippen LogP) is 4.61. The third-order valence-electron chi connectivity index (χ3n) is 3.40. The Balaban J connectivity index is 2.14. The summed E-state index contributed by atoms with van der Waals surface area (Å²) in [5, 5.41) is 0. The van der Waals surface area contributed by atoms with Crippen molar-refractivity contribution < 1.29 is 13.2 Å². The van der Waals surface area contributed by atoms with E-state index in [-0.39, 0.29) is 0 Å². The fraction of sp³-hybridized carbons (Fsp3) is 0.538. The average molecular weight is 228 g/mol. The summed E-state index contributed by atoms with van der Waals surface area (Å²) in [7, 11) is 0. The summed E-state index contributed by atoms with van der Waals surface area (Å²) in [5.74, 6) is 1.16. The molecule has 3 heteroatoms. The van der Waals surface area contributed by atoms with Crippen LogP contribution >= 0.6 is 0 Å². The van der Waals surface area contributed by atoms with Gasteiger partial charge in [0.25, 0.3) is 0 Å². The molecule has 0 N–H and O–H groups in total. The monoisotopic (exact) mass is 228 g/mol. The van der Waals surface area contributed by atoms with Crippen LogP contribution in [-0.4, -0.2) is 0 Å². The summed E-state index contributed by atoms with van der Waals surface area (Å²) in [6.07, 6.45) is -0.828. The Hall–Kier alpha value is -0.990. The van der Waals surface area contributed by atoms with Gasteiger partial charge >= 0.3 is 6.18 Å². The van der Waals surface area contributed by atoms with E-state index < -0.39 is 11.7 Å². The fourth-order valence-corrected chi connectivity index (χ4v) is 2.45. The van der Waals surface area contributed by atoms with Gasteiger partial charge in [0.05, 0.1) is 5.56 Å². The maximum Gasteiger partial charge on any atom is 0.416 e. The van der Waals surface area contributed by atoms with Gasteiger partial charge in [0.2, 0.25) is 0 Å². The zero-order chi connectivity index (χ0) is 11.8. The number of benzene rings is 1. The van der Waals surface area contributed by atoms with Crippen molar-refractivity contribution >= 4 is 0 Å². The van der Waals surface area contributed by atoms with E-state index in [1.807, 2.05) is 0 Å². The van der Waals surface area contributed by atoms with Gasteiger partial charge < -0.3 is 0 Å². The molecule has 1 saturated carbocycles. The molecule has 0 aromatic heterocycles. The van der Waals surface area contributed by atoms with Gasteiger partial charge in [-0.1, -0.05) is 25.5 Å². The van der Waals surface area contributed by atoms with Gasteiger partial charge in [-0.3, -0.25) is 0 Å². The van der Waals surface area contributed by atoms with Crippen LogP contribution < -0.4 is 0 Å². The first kappa shape index (κ1) is 11.5.